The summed E-state index contributed by atoms with van der Waals surface area (Å²) in [6.07, 6.45) is 53.9. The van der Waals surface area contributed by atoms with Crippen molar-refractivity contribution in [2.75, 3.05) is 13.2 Å². The molecule has 0 aromatic rings. The lowest BCUT2D eigenvalue weighted by Gasteiger charge is -2.18. The maximum Gasteiger partial charge on any atom is 0.306 e. The summed E-state index contributed by atoms with van der Waals surface area (Å²) in [6.45, 7) is 9.00. The van der Waals surface area contributed by atoms with Gasteiger partial charge in [0.15, 0.2) is 6.10 Å². The van der Waals surface area contributed by atoms with E-state index in [9.17, 15) is 14.4 Å². The van der Waals surface area contributed by atoms with E-state index < -0.39 is 6.10 Å². The van der Waals surface area contributed by atoms with E-state index in [0.29, 0.717) is 19.3 Å². The normalized spacial score (nSPS) is 12.0. The molecule has 0 bridgehead atoms. The van der Waals surface area contributed by atoms with Crippen molar-refractivity contribution in [2.45, 2.75) is 323 Å². The molecule has 0 radical (unpaired) electrons. The number of rotatable bonds is 51. The van der Waals surface area contributed by atoms with Crippen molar-refractivity contribution in [3.05, 3.63) is 0 Å². The predicted molar refractivity (Wildman–Crippen MR) is 266 cm³/mol. The number of hydrogen-bond donors (Lipinski definition) is 0. The second kappa shape index (κ2) is 50.4. The molecule has 0 aromatic heterocycles. The third-order valence-electron chi connectivity index (χ3n) is 12.8. The Morgan fingerprint density at radius 3 is 0.790 bits per heavy atom. The van der Waals surface area contributed by atoms with Gasteiger partial charge in [-0.15, -0.1) is 0 Å². The minimum absolute atomic E-state index is 0.0632. The number of carbonyl (C=O) groups is 3. The van der Waals surface area contributed by atoms with Gasteiger partial charge in [-0.3, -0.25) is 14.4 Å². The zero-order valence-corrected chi connectivity index (χ0v) is 42.3. The molecule has 0 saturated carbocycles. The van der Waals surface area contributed by atoms with Crippen LogP contribution >= 0.6 is 0 Å². The van der Waals surface area contributed by atoms with Gasteiger partial charge in [-0.2, -0.15) is 0 Å². The van der Waals surface area contributed by atoms with Crippen LogP contribution in [0.5, 0.6) is 0 Å². The first kappa shape index (κ1) is 60.4. The highest BCUT2D eigenvalue weighted by Gasteiger charge is 2.19. The Hall–Kier alpha value is -1.59. The molecule has 62 heavy (non-hydrogen) atoms. The lowest BCUT2D eigenvalue weighted by molar-refractivity contribution is -0.167. The van der Waals surface area contributed by atoms with E-state index in [1.54, 1.807) is 0 Å². The fraction of sp³-hybridized carbons (Fsp3) is 0.946. The molecule has 0 fully saturated rings. The molecule has 1 atom stereocenters. The van der Waals surface area contributed by atoms with Gasteiger partial charge in [0, 0.05) is 19.3 Å². The molecule has 368 valence electrons. The van der Waals surface area contributed by atoms with Crippen LogP contribution in [0.15, 0.2) is 0 Å². The minimum atomic E-state index is -0.762. The average molecular weight is 877 g/mol. The van der Waals surface area contributed by atoms with Gasteiger partial charge in [0.25, 0.3) is 0 Å². The molecule has 6 heteroatoms. The summed E-state index contributed by atoms with van der Waals surface area (Å²) in [7, 11) is 0. The molecule has 0 aliphatic carbocycles. The van der Waals surface area contributed by atoms with E-state index in [1.807, 2.05) is 0 Å². The van der Waals surface area contributed by atoms with Crippen LogP contribution in [0.4, 0.5) is 0 Å². The van der Waals surface area contributed by atoms with Gasteiger partial charge >= 0.3 is 17.9 Å². The highest BCUT2D eigenvalue weighted by Crippen LogP contribution is 2.18. The van der Waals surface area contributed by atoms with E-state index in [-0.39, 0.29) is 31.1 Å². The molecular formula is C56H108O6. The Kier molecular flexibility index (Phi) is 49.1. The molecule has 0 aliphatic heterocycles. The molecule has 6 nitrogen and oxygen atoms in total. The number of unbranched alkanes of at least 4 members (excludes halogenated alkanes) is 38. The maximum atomic E-state index is 12.8. The Labute approximate surface area is 387 Å². The molecule has 0 spiro atoms. The van der Waals surface area contributed by atoms with Crippen LogP contribution in [-0.2, 0) is 28.6 Å². The molecule has 0 unspecified atom stereocenters. The van der Waals surface area contributed by atoms with Gasteiger partial charge in [0.05, 0.1) is 0 Å². The first-order valence-electron chi connectivity index (χ1n) is 27.9. The number of esters is 3. The van der Waals surface area contributed by atoms with Gasteiger partial charge in [-0.05, 0) is 25.2 Å². The molecule has 0 N–H and O–H groups in total. The van der Waals surface area contributed by atoms with Crippen LogP contribution in [-0.4, -0.2) is 37.2 Å². The molecule has 0 heterocycles. The number of ether oxygens (including phenoxy) is 3. The third-order valence-corrected chi connectivity index (χ3v) is 12.8. The average Bonchev–Trinajstić information content (AvgIpc) is 3.26. The van der Waals surface area contributed by atoms with Crippen LogP contribution in [0.3, 0.4) is 0 Å². The van der Waals surface area contributed by atoms with E-state index in [2.05, 4.69) is 27.7 Å². The van der Waals surface area contributed by atoms with Crippen molar-refractivity contribution in [2.24, 2.45) is 5.92 Å². The van der Waals surface area contributed by atoms with Crippen LogP contribution in [0.2, 0.25) is 0 Å². The van der Waals surface area contributed by atoms with Crippen LogP contribution in [0, 0.1) is 5.92 Å². The molecule has 0 aromatic carbocycles. The fourth-order valence-electron chi connectivity index (χ4n) is 8.57. The molecule has 0 amide bonds. The summed E-state index contributed by atoms with van der Waals surface area (Å²) in [5, 5.41) is 0. The zero-order chi connectivity index (χ0) is 45.2. The Morgan fingerprint density at radius 2 is 0.532 bits per heavy atom. The smallest absolute Gasteiger partial charge is 0.306 e. The SMILES string of the molecule is CCCCCCCCCCCCCCCCCCCCCC(=O)OC[C@@H](COC(=O)CCCCCCCCCCCCCCCCC)OC(=O)CCCCCCCCCC(C)C. The second-order valence-corrected chi connectivity index (χ2v) is 19.7. The van der Waals surface area contributed by atoms with E-state index >= 15 is 0 Å². The monoisotopic (exact) mass is 877 g/mol. The van der Waals surface area contributed by atoms with Gasteiger partial charge in [0.2, 0.25) is 0 Å². The van der Waals surface area contributed by atoms with Crippen LogP contribution in [0.25, 0.3) is 0 Å². The van der Waals surface area contributed by atoms with Crippen molar-refractivity contribution in [1.82, 2.24) is 0 Å². The summed E-state index contributed by atoms with van der Waals surface area (Å²) < 4.78 is 16.8. The number of hydrogen-bond acceptors (Lipinski definition) is 6. The lowest BCUT2D eigenvalue weighted by Crippen LogP contribution is -2.30. The van der Waals surface area contributed by atoms with E-state index in [0.717, 1.165) is 63.7 Å². The third kappa shape index (κ3) is 49.4. The van der Waals surface area contributed by atoms with Gasteiger partial charge in [-0.1, -0.05) is 278 Å². The van der Waals surface area contributed by atoms with Crippen molar-refractivity contribution >= 4 is 17.9 Å². The van der Waals surface area contributed by atoms with Gasteiger partial charge in [0.1, 0.15) is 13.2 Å². The molecule has 0 rings (SSSR count). The van der Waals surface area contributed by atoms with Gasteiger partial charge in [-0.25, -0.2) is 0 Å². The molecule has 0 aliphatic rings. The number of carbonyl (C=O) groups excluding carboxylic acids is 3. The van der Waals surface area contributed by atoms with Crippen LogP contribution < -0.4 is 0 Å². The summed E-state index contributed by atoms with van der Waals surface area (Å²) in [6, 6.07) is 0. The Balaban J connectivity index is 4.21. The summed E-state index contributed by atoms with van der Waals surface area (Å²) >= 11 is 0. The van der Waals surface area contributed by atoms with Crippen molar-refractivity contribution < 1.29 is 28.6 Å². The largest absolute Gasteiger partial charge is 0.462 e. The lowest BCUT2D eigenvalue weighted by atomic mass is 10.0. The predicted octanol–water partition coefficient (Wildman–Crippen LogP) is 18.2. The zero-order valence-electron chi connectivity index (χ0n) is 42.3. The van der Waals surface area contributed by atoms with Gasteiger partial charge < -0.3 is 14.2 Å². The quantitative estimate of drug-likeness (QED) is 0.0344. The topological polar surface area (TPSA) is 78.9 Å². The minimum Gasteiger partial charge on any atom is -0.462 e. The first-order chi connectivity index (χ1) is 30.4. The summed E-state index contributed by atoms with van der Waals surface area (Å²) in [5.74, 6) is -0.0654. The standard InChI is InChI=1S/C56H108O6/c1-5-7-9-11-13-15-17-19-21-22-23-24-26-28-30-32-36-40-44-48-55(58)61-51-53(62-56(59)49-45-41-37-33-34-38-42-46-52(3)4)50-60-54(57)47-43-39-35-31-29-27-25-20-18-16-14-12-10-8-6-2/h52-53H,5-51H2,1-4H3/t53-/m1/s1. The van der Waals surface area contributed by atoms with Crippen molar-refractivity contribution in [3.8, 4) is 0 Å². The maximum absolute atomic E-state index is 12.8. The van der Waals surface area contributed by atoms with Crippen molar-refractivity contribution in [1.29, 1.82) is 0 Å². The fourth-order valence-corrected chi connectivity index (χ4v) is 8.57. The van der Waals surface area contributed by atoms with Crippen LogP contribution in [0.1, 0.15) is 317 Å². The molecular weight excluding hydrogens is 769 g/mol. The second-order valence-electron chi connectivity index (χ2n) is 19.7. The molecule has 0 saturated heterocycles. The highest BCUT2D eigenvalue weighted by atomic mass is 16.6. The Morgan fingerprint density at radius 1 is 0.306 bits per heavy atom. The highest BCUT2D eigenvalue weighted by molar-refractivity contribution is 5.71. The summed E-state index contributed by atoms with van der Waals surface area (Å²) in [5.41, 5.74) is 0. The van der Waals surface area contributed by atoms with Crippen molar-refractivity contribution in [3.63, 3.8) is 0 Å². The Bertz CT molecular complexity index is 933. The van der Waals surface area contributed by atoms with E-state index in [4.69, 9.17) is 14.2 Å². The first-order valence-corrected chi connectivity index (χ1v) is 27.9. The van der Waals surface area contributed by atoms with E-state index in [1.165, 1.54) is 212 Å². The summed E-state index contributed by atoms with van der Waals surface area (Å²) in [4.78, 5) is 38.0.